The van der Waals surface area contributed by atoms with Crippen LogP contribution < -0.4 is 5.14 Å². The number of rotatable bonds is 3. The number of halogens is 1. The first-order chi connectivity index (χ1) is 9.93. The van der Waals surface area contributed by atoms with Crippen molar-refractivity contribution in [3.8, 4) is 0 Å². The summed E-state index contributed by atoms with van der Waals surface area (Å²) in [4.78, 5) is 3.25. The monoisotopic (exact) mass is 320 g/mol. The van der Waals surface area contributed by atoms with E-state index in [0.29, 0.717) is 11.4 Å². The number of benzene rings is 2. The fourth-order valence-electron chi connectivity index (χ4n) is 2.30. The molecule has 108 valence electrons. The predicted molar refractivity (Wildman–Crippen MR) is 83.9 cm³/mol. The van der Waals surface area contributed by atoms with Crippen molar-refractivity contribution < 1.29 is 8.42 Å². The fraction of sp³-hybridized carbons (Fsp3) is 0.0667. The van der Waals surface area contributed by atoms with Crippen LogP contribution >= 0.6 is 11.6 Å². The van der Waals surface area contributed by atoms with Crippen LogP contribution in [0.4, 0.5) is 0 Å². The minimum Gasteiger partial charge on any atom is -0.361 e. The summed E-state index contributed by atoms with van der Waals surface area (Å²) in [6.45, 7) is 0. The highest BCUT2D eigenvalue weighted by Crippen LogP contribution is 2.24. The van der Waals surface area contributed by atoms with Crippen molar-refractivity contribution >= 4 is 32.5 Å². The second-order valence-electron chi connectivity index (χ2n) is 4.87. The highest BCUT2D eigenvalue weighted by Gasteiger charge is 2.11. The molecule has 0 unspecified atom stereocenters. The summed E-state index contributed by atoms with van der Waals surface area (Å²) in [5, 5.41) is 6.73. The van der Waals surface area contributed by atoms with E-state index >= 15 is 0 Å². The van der Waals surface area contributed by atoms with E-state index in [4.69, 9.17) is 16.7 Å². The van der Waals surface area contributed by atoms with Gasteiger partial charge in [-0.25, -0.2) is 13.6 Å². The Morgan fingerprint density at radius 1 is 1.10 bits per heavy atom. The highest BCUT2D eigenvalue weighted by atomic mass is 35.5. The van der Waals surface area contributed by atoms with E-state index in [0.717, 1.165) is 22.0 Å². The first-order valence-electron chi connectivity index (χ1n) is 6.31. The summed E-state index contributed by atoms with van der Waals surface area (Å²) in [6, 6.07) is 12.4. The van der Waals surface area contributed by atoms with E-state index in [2.05, 4.69) is 4.98 Å². The lowest BCUT2D eigenvalue weighted by molar-refractivity contribution is 0.598. The Morgan fingerprint density at radius 3 is 2.48 bits per heavy atom. The van der Waals surface area contributed by atoms with Gasteiger partial charge in [0.25, 0.3) is 0 Å². The number of fused-ring (bicyclic) bond motifs is 1. The van der Waals surface area contributed by atoms with E-state index in [1.165, 1.54) is 6.07 Å². The second-order valence-corrected chi connectivity index (χ2v) is 6.87. The van der Waals surface area contributed by atoms with Gasteiger partial charge >= 0.3 is 0 Å². The molecule has 0 aliphatic heterocycles. The third-order valence-corrected chi connectivity index (χ3v) is 4.54. The van der Waals surface area contributed by atoms with Crippen molar-refractivity contribution in [1.82, 2.24) is 4.98 Å². The number of nitrogens with one attached hydrogen (secondary N) is 1. The quantitative estimate of drug-likeness (QED) is 0.778. The molecule has 0 spiro atoms. The number of aromatic nitrogens is 1. The average Bonchev–Trinajstić information content (AvgIpc) is 2.83. The standard InChI is InChI=1S/C15H13ClN2O2S/c16-12-3-1-10(2-4-12)7-11-9-18-15-6-5-13(8-14(11)15)21(17,19)20/h1-6,8-9,18H,7H2,(H2,17,19,20). The number of hydrogen-bond donors (Lipinski definition) is 2. The summed E-state index contributed by atoms with van der Waals surface area (Å²) in [6.07, 6.45) is 2.57. The summed E-state index contributed by atoms with van der Waals surface area (Å²) in [5.74, 6) is 0. The molecule has 6 heteroatoms. The third-order valence-electron chi connectivity index (χ3n) is 3.38. The number of H-pyrrole nitrogens is 1. The van der Waals surface area contributed by atoms with Gasteiger partial charge in [-0.15, -0.1) is 0 Å². The topological polar surface area (TPSA) is 76.0 Å². The zero-order valence-corrected chi connectivity index (χ0v) is 12.6. The second kappa shape index (κ2) is 5.18. The number of primary sulfonamides is 1. The van der Waals surface area contributed by atoms with E-state index in [-0.39, 0.29) is 4.90 Å². The molecule has 2 aromatic carbocycles. The molecule has 1 aromatic heterocycles. The van der Waals surface area contributed by atoms with Gasteiger partial charge < -0.3 is 4.98 Å². The minimum absolute atomic E-state index is 0.118. The van der Waals surface area contributed by atoms with Gasteiger partial charge in [-0.3, -0.25) is 0 Å². The lowest BCUT2D eigenvalue weighted by atomic mass is 10.0. The maximum atomic E-state index is 11.5. The summed E-state index contributed by atoms with van der Waals surface area (Å²) in [5.41, 5.74) is 2.99. The van der Waals surface area contributed by atoms with Crippen LogP contribution in [-0.4, -0.2) is 13.4 Å². The Labute approximate surface area is 127 Å². The van der Waals surface area contributed by atoms with Crippen LogP contribution in [0, 0.1) is 0 Å². The van der Waals surface area contributed by atoms with Gasteiger partial charge in [0.05, 0.1) is 4.90 Å². The number of hydrogen-bond acceptors (Lipinski definition) is 2. The molecular formula is C15H13ClN2O2S. The smallest absolute Gasteiger partial charge is 0.238 e. The predicted octanol–water partition coefficient (Wildman–Crippen LogP) is 3.06. The van der Waals surface area contributed by atoms with Gasteiger partial charge in [0.1, 0.15) is 0 Å². The van der Waals surface area contributed by atoms with Gasteiger partial charge in [-0.2, -0.15) is 0 Å². The van der Waals surface area contributed by atoms with E-state index in [1.54, 1.807) is 12.1 Å². The Hall–Kier alpha value is -1.82. The summed E-state index contributed by atoms with van der Waals surface area (Å²) in [7, 11) is -3.70. The molecule has 1 heterocycles. The number of aromatic amines is 1. The van der Waals surface area contributed by atoms with Crippen molar-refractivity contribution in [2.75, 3.05) is 0 Å². The molecule has 0 saturated carbocycles. The van der Waals surface area contributed by atoms with Gasteiger partial charge in [0.2, 0.25) is 10.0 Å². The maximum absolute atomic E-state index is 11.5. The Morgan fingerprint density at radius 2 is 1.81 bits per heavy atom. The van der Waals surface area contributed by atoms with Crippen LogP contribution in [0.1, 0.15) is 11.1 Å². The molecule has 0 radical (unpaired) electrons. The van der Waals surface area contributed by atoms with E-state index in [1.807, 2.05) is 30.5 Å². The maximum Gasteiger partial charge on any atom is 0.238 e. The molecule has 0 saturated heterocycles. The minimum atomic E-state index is -3.70. The summed E-state index contributed by atoms with van der Waals surface area (Å²) < 4.78 is 22.9. The number of sulfonamides is 1. The molecular weight excluding hydrogens is 308 g/mol. The van der Waals surface area contributed by atoms with Crippen LogP contribution in [0.2, 0.25) is 5.02 Å². The van der Waals surface area contributed by atoms with Crippen molar-refractivity contribution in [3.63, 3.8) is 0 Å². The van der Waals surface area contributed by atoms with E-state index < -0.39 is 10.0 Å². The molecule has 0 aliphatic rings. The van der Waals surface area contributed by atoms with Crippen molar-refractivity contribution in [2.45, 2.75) is 11.3 Å². The van der Waals surface area contributed by atoms with Crippen molar-refractivity contribution in [1.29, 1.82) is 0 Å². The first-order valence-corrected chi connectivity index (χ1v) is 8.23. The van der Waals surface area contributed by atoms with Crippen LogP contribution in [0.3, 0.4) is 0 Å². The zero-order valence-electron chi connectivity index (χ0n) is 11.0. The third kappa shape index (κ3) is 2.95. The largest absolute Gasteiger partial charge is 0.361 e. The van der Waals surface area contributed by atoms with Crippen LogP contribution in [0.5, 0.6) is 0 Å². The van der Waals surface area contributed by atoms with Crippen LogP contribution in [0.15, 0.2) is 53.6 Å². The SMILES string of the molecule is NS(=O)(=O)c1ccc2[nH]cc(Cc3ccc(Cl)cc3)c2c1. The molecule has 0 atom stereocenters. The highest BCUT2D eigenvalue weighted by molar-refractivity contribution is 7.89. The molecule has 4 nitrogen and oxygen atoms in total. The zero-order chi connectivity index (χ0) is 15.0. The Kier molecular flexibility index (Phi) is 3.49. The lowest BCUT2D eigenvalue weighted by Crippen LogP contribution is -2.11. The summed E-state index contributed by atoms with van der Waals surface area (Å²) >= 11 is 5.87. The van der Waals surface area contributed by atoms with Gasteiger partial charge in [0.15, 0.2) is 0 Å². The molecule has 0 bridgehead atoms. The normalized spacial score (nSPS) is 11.9. The molecule has 0 aliphatic carbocycles. The van der Waals surface area contributed by atoms with Crippen LogP contribution in [0.25, 0.3) is 10.9 Å². The molecule has 3 N–H and O–H groups in total. The van der Waals surface area contributed by atoms with Gasteiger partial charge in [-0.05, 0) is 47.9 Å². The fourth-order valence-corrected chi connectivity index (χ4v) is 2.97. The van der Waals surface area contributed by atoms with Crippen molar-refractivity contribution in [2.24, 2.45) is 5.14 Å². The molecule has 0 amide bonds. The Bertz CT molecular complexity index is 899. The average molecular weight is 321 g/mol. The first kappa shape index (κ1) is 14.1. The van der Waals surface area contributed by atoms with E-state index in [9.17, 15) is 8.42 Å². The number of nitrogens with two attached hydrogens (primary N) is 1. The lowest BCUT2D eigenvalue weighted by Gasteiger charge is -2.02. The molecule has 3 aromatic rings. The van der Waals surface area contributed by atoms with Crippen molar-refractivity contribution in [3.05, 3.63) is 64.8 Å². The molecule has 3 rings (SSSR count). The van der Waals surface area contributed by atoms with Crippen LogP contribution in [-0.2, 0) is 16.4 Å². The van der Waals surface area contributed by atoms with Gasteiger partial charge in [0, 0.05) is 22.1 Å². The van der Waals surface area contributed by atoms with Gasteiger partial charge in [-0.1, -0.05) is 23.7 Å². The molecule has 21 heavy (non-hydrogen) atoms. The Balaban J connectivity index is 2.04. The molecule has 0 fully saturated rings.